The second-order valence-electron chi connectivity index (χ2n) is 6.76. The molecule has 1 amide bonds. The van der Waals surface area contributed by atoms with E-state index in [2.05, 4.69) is 0 Å². The molecule has 2 unspecified atom stereocenters. The molecule has 0 saturated heterocycles. The van der Waals surface area contributed by atoms with Gasteiger partial charge in [-0.15, -0.1) is 0 Å². The summed E-state index contributed by atoms with van der Waals surface area (Å²) in [6.45, 7) is 4.76. The van der Waals surface area contributed by atoms with Gasteiger partial charge in [-0.2, -0.15) is 0 Å². The van der Waals surface area contributed by atoms with E-state index in [1.165, 1.54) is 0 Å². The lowest BCUT2D eigenvalue weighted by molar-refractivity contribution is -0.136. The van der Waals surface area contributed by atoms with E-state index in [1.54, 1.807) is 0 Å². The van der Waals surface area contributed by atoms with Crippen molar-refractivity contribution in [2.45, 2.75) is 46.0 Å². The minimum atomic E-state index is 0.0209. The highest BCUT2D eigenvalue weighted by Gasteiger charge is 2.42. The third kappa shape index (κ3) is 2.69. The van der Waals surface area contributed by atoms with Crippen LogP contribution in [-0.4, -0.2) is 18.2 Å². The van der Waals surface area contributed by atoms with Crippen molar-refractivity contribution in [1.82, 2.24) is 0 Å². The van der Waals surface area contributed by atoms with Gasteiger partial charge in [0.2, 0.25) is 5.91 Å². The number of carbonyl (C=O) groups excluding carboxylic acids is 2. The van der Waals surface area contributed by atoms with E-state index in [0.717, 1.165) is 43.4 Å². The van der Waals surface area contributed by atoms with Gasteiger partial charge in [0.15, 0.2) is 0 Å². The fraction of sp³-hybridized carbons (Fsp3) is 0.579. The van der Waals surface area contributed by atoms with Crippen molar-refractivity contribution in [2.75, 3.05) is 11.4 Å². The zero-order valence-electron chi connectivity index (χ0n) is 13.5. The van der Waals surface area contributed by atoms with E-state index >= 15 is 0 Å². The highest BCUT2D eigenvalue weighted by Crippen LogP contribution is 2.41. The first-order valence-electron chi connectivity index (χ1n) is 8.52. The second-order valence-corrected chi connectivity index (χ2v) is 6.76. The predicted molar refractivity (Wildman–Crippen MR) is 87.8 cm³/mol. The lowest BCUT2D eigenvalue weighted by atomic mass is 9.67. The molecule has 3 heteroatoms. The van der Waals surface area contributed by atoms with Gasteiger partial charge in [0.1, 0.15) is 5.78 Å². The van der Waals surface area contributed by atoms with Gasteiger partial charge in [0, 0.05) is 30.0 Å². The largest absolute Gasteiger partial charge is 0.312 e. The highest BCUT2D eigenvalue weighted by molar-refractivity contribution is 5.97. The van der Waals surface area contributed by atoms with Crippen molar-refractivity contribution in [3.63, 3.8) is 0 Å². The molecule has 0 radical (unpaired) electrons. The molecule has 3 nitrogen and oxygen atoms in total. The van der Waals surface area contributed by atoms with Crippen LogP contribution in [0.3, 0.4) is 0 Å². The molecule has 2 atom stereocenters. The van der Waals surface area contributed by atoms with Crippen LogP contribution in [0.4, 0.5) is 5.69 Å². The summed E-state index contributed by atoms with van der Waals surface area (Å²) in [5, 5.41) is 0. The van der Waals surface area contributed by atoms with E-state index in [1.807, 2.05) is 43.0 Å². The van der Waals surface area contributed by atoms with Crippen LogP contribution >= 0.6 is 0 Å². The molecule has 0 heterocycles. The number of Topliss-reactive ketones (excluding diaryl/α,β-unsaturated/α-hetero) is 1. The van der Waals surface area contributed by atoms with Gasteiger partial charge >= 0.3 is 0 Å². The summed E-state index contributed by atoms with van der Waals surface area (Å²) in [5.74, 6) is 0.928. The number of nitrogens with zero attached hydrogens (tertiary/aromatic N) is 1. The number of para-hydroxylation sites is 1. The molecule has 22 heavy (non-hydrogen) atoms. The maximum atomic E-state index is 13.0. The van der Waals surface area contributed by atoms with Crippen molar-refractivity contribution >= 4 is 17.4 Å². The number of hydrogen-bond acceptors (Lipinski definition) is 2. The summed E-state index contributed by atoms with van der Waals surface area (Å²) in [5.41, 5.74) is 2.14. The maximum Gasteiger partial charge on any atom is 0.230 e. The smallest absolute Gasteiger partial charge is 0.230 e. The molecule has 2 aliphatic carbocycles. The Labute approximate surface area is 132 Å². The number of anilines is 1. The topological polar surface area (TPSA) is 37.4 Å². The van der Waals surface area contributed by atoms with E-state index in [0.29, 0.717) is 12.3 Å². The summed E-state index contributed by atoms with van der Waals surface area (Å²) in [6.07, 6.45) is 4.63. The normalized spacial score (nSPS) is 27.5. The second kappa shape index (κ2) is 6.23. The quantitative estimate of drug-likeness (QED) is 0.852. The minimum absolute atomic E-state index is 0.0209. The Morgan fingerprint density at radius 3 is 2.41 bits per heavy atom. The molecule has 2 saturated carbocycles. The first-order valence-corrected chi connectivity index (χ1v) is 8.52. The number of hydrogen-bond donors (Lipinski definition) is 0. The third-order valence-corrected chi connectivity index (χ3v) is 5.39. The van der Waals surface area contributed by atoms with E-state index in [4.69, 9.17) is 0 Å². The summed E-state index contributed by atoms with van der Waals surface area (Å²) in [4.78, 5) is 27.2. The lowest BCUT2D eigenvalue weighted by Crippen LogP contribution is -2.44. The molecular weight excluding hydrogens is 274 g/mol. The molecular formula is C19H25NO2. The lowest BCUT2D eigenvalue weighted by Gasteiger charge is -2.38. The van der Waals surface area contributed by atoms with Crippen LogP contribution in [0.5, 0.6) is 0 Å². The van der Waals surface area contributed by atoms with Gasteiger partial charge < -0.3 is 4.90 Å². The molecule has 2 aliphatic rings. The first-order chi connectivity index (χ1) is 10.6. The van der Waals surface area contributed by atoms with Crippen molar-refractivity contribution in [3.05, 3.63) is 29.8 Å². The fourth-order valence-electron chi connectivity index (χ4n) is 4.21. The first kappa shape index (κ1) is 15.3. The zero-order chi connectivity index (χ0) is 15.7. The Hall–Kier alpha value is -1.64. The molecule has 118 valence electrons. The summed E-state index contributed by atoms with van der Waals surface area (Å²) in [6, 6.07) is 8.05. The van der Waals surface area contributed by atoms with Gasteiger partial charge in [0.25, 0.3) is 0 Å². The SMILES string of the molecule is CCN(C(=O)C1CC2CCCC(C1)C2=O)c1ccccc1C. The summed E-state index contributed by atoms with van der Waals surface area (Å²) in [7, 11) is 0. The fourth-order valence-corrected chi connectivity index (χ4v) is 4.21. The Morgan fingerprint density at radius 1 is 1.18 bits per heavy atom. The Morgan fingerprint density at radius 2 is 1.82 bits per heavy atom. The van der Waals surface area contributed by atoms with Gasteiger partial charge in [-0.25, -0.2) is 0 Å². The number of rotatable bonds is 3. The van der Waals surface area contributed by atoms with Crippen LogP contribution in [-0.2, 0) is 9.59 Å². The van der Waals surface area contributed by atoms with Gasteiger partial charge in [0.05, 0.1) is 0 Å². The Kier molecular flexibility index (Phi) is 4.32. The average Bonchev–Trinajstić information content (AvgIpc) is 2.49. The summed E-state index contributed by atoms with van der Waals surface area (Å²) >= 11 is 0. The van der Waals surface area contributed by atoms with Crippen LogP contribution < -0.4 is 4.90 Å². The van der Waals surface area contributed by atoms with Crippen LogP contribution in [0.1, 0.15) is 44.6 Å². The zero-order valence-corrected chi connectivity index (χ0v) is 13.5. The number of amides is 1. The highest BCUT2D eigenvalue weighted by atomic mass is 16.2. The molecule has 0 aromatic heterocycles. The standard InChI is InChI=1S/C19H25NO2/c1-3-20(17-10-5-4-7-13(17)2)19(22)16-11-14-8-6-9-15(12-16)18(14)21/h4-5,7,10,14-16H,3,6,8-9,11-12H2,1-2H3. The van der Waals surface area contributed by atoms with E-state index < -0.39 is 0 Å². The van der Waals surface area contributed by atoms with Crippen molar-refractivity contribution < 1.29 is 9.59 Å². The van der Waals surface area contributed by atoms with Crippen LogP contribution in [0.15, 0.2) is 24.3 Å². The molecule has 1 aromatic rings. The number of benzene rings is 1. The van der Waals surface area contributed by atoms with Crippen molar-refractivity contribution in [2.24, 2.45) is 17.8 Å². The number of fused-ring (bicyclic) bond motifs is 2. The molecule has 2 fully saturated rings. The third-order valence-electron chi connectivity index (χ3n) is 5.39. The van der Waals surface area contributed by atoms with Gasteiger partial charge in [-0.1, -0.05) is 24.6 Å². The number of aryl methyl sites for hydroxylation is 1. The van der Waals surface area contributed by atoms with Crippen LogP contribution in [0.25, 0.3) is 0 Å². The molecule has 0 N–H and O–H groups in total. The number of ketones is 1. The predicted octanol–water partition coefficient (Wildman–Crippen LogP) is 3.74. The minimum Gasteiger partial charge on any atom is -0.312 e. The maximum absolute atomic E-state index is 13.0. The number of carbonyl (C=O) groups is 2. The Balaban J connectivity index is 1.80. The van der Waals surface area contributed by atoms with Crippen molar-refractivity contribution in [3.8, 4) is 0 Å². The van der Waals surface area contributed by atoms with Gasteiger partial charge in [-0.05, 0) is 51.2 Å². The van der Waals surface area contributed by atoms with E-state index in [-0.39, 0.29) is 23.7 Å². The monoisotopic (exact) mass is 299 g/mol. The van der Waals surface area contributed by atoms with E-state index in [9.17, 15) is 9.59 Å². The average molecular weight is 299 g/mol. The molecule has 0 spiro atoms. The van der Waals surface area contributed by atoms with Gasteiger partial charge in [-0.3, -0.25) is 9.59 Å². The molecule has 2 bridgehead atoms. The van der Waals surface area contributed by atoms with Crippen LogP contribution in [0, 0.1) is 24.7 Å². The summed E-state index contributed by atoms with van der Waals surface area (Å²) < 4.78 is 0. The Bertz CT molecular complexity index is 565. The molecule has 3 rings (SSSR count). The van der Waals surface area contributed by atoms with Crippen LogP contribution in [0.2, 0.25) is 0 Å². The molecule has 1 aromatic carbocycles. The molecule has 0 aliphatic heterocycles. The van der Waals surface area contributed by atoms with Crippen molar-refractivity contribution in [1.29, 1.82) is 0 Å².